The molecule has 0 aromatic rings. The largest absolute Gasteiger partial charge is 0.444 e. The second kappa shape index (κ2) is 4.72. The van der Waals surface area contributed by atoms with Crippen LogP contribution in [0.3, 0.4) is 0 Å². The average Bonchev–Trinajstić information content (AvgIpc) is 2.89. The predicted molar refractivity (Wildman–Crippen MR) is 71.5 cm³/mol. The topological polar surface area (TPSA) is 41.6 Å². The van der Waals surface area contributed by atoms with Crippen molar-refractivity contribution in [1.82, 2.24) is 10.2 Å². The summed E-state index contributed by atoms with van der Waals surface area (Å²) in [4.78, 5) is 14.0. The van der Waals surface area contributed by atoms with E-state index >= 15 is 0 Å². The van der Waals surface area contributed by atoms with Crippen molar-refractivity contribution in [3.8, 4) is 0 Å². The van der Waals surface area contributed by atoms with Crippen LogP contribution in [0.4, 0.5) is 4.79 Å². The summed E-state index contributed by atoms with van der Waals surface area (Å²) in [6, 6.07) is 0. The minimum absolute atomic E-state index is 0.142. The van der Waals surface area contributed by atoms with Crippen molar-refractivity contribution in [1.29, 1.82) is 0 Å². The lowest BCUT2D eigenvalue weighted by Crippen LogP contribution is -2.44. The lowest BCUT2D eigenvalue weighted by Gasteiger charge is -2.35. The summed E-state index contributed by atoms with van der Waals surface area (Å²) in [6.45, 7) is 8.57. The molecule has 1 spiro atoms. The summed E-state index contributed by atoms with van der Waals surface area (Å²) in [6.07, 6.45) is 3.49. The van der Waals surface area contributed by atoms with Crippen LogP contribution in [0.25, 0.3) is 0 Å². The zero-order valence-electron chi connectivity index (χ0n) is 12.1. The smallest absolute Gasteiger partial charge is 0.410 e. The fraction of sp³-hybridized carbons (Fsp3) is 0.929. The molecule has 2 atom stereocenters. The normalized spacial score (nSPS) is 31.6. The molecule has 2 aliphatic rings. The molecular formula is C14H26N2O2. The maximum absolute atomic E-state index is 12.1. The van der Waals surface area contributed by atoms with Gasteiger partial charge in [0.05, 0.1) is 0 Å². The number of carbonyl (C=O) groups excluding carboxylic acids is 1. The highest BCUT2D eigenvalue weighted by Crippen LogP contribution is 2.57. The zero-order valence-corrected chi connectivity index (χ0v) is 12.1. The van der Waals surface area contributed by atoms with Gasteiger partial charge < -0.3 is 15.0 Å². The van der Waals surface area contributed by atoms with Crippen LogP contribution in [-0.2, 0) is 4.74 Å². The minimum Gasteiger partial charge on any atom is -0.444 e. The van der Waals surface area contributed by atoms with Gasteiger partial charge in [-0.3, -0.25) is 0 Å². The molecule has 0 bridgehead atoms. The third-order valence-electron chi connectivity index (χ3n) is 4.07. The van der Waals surface area contributed by atoms with Gasteiger partial charge in [0.2, 0.25) is 0 Å². The van der Waals surface area contributed by atoms with Crippen molar-refractivity contribution < 1.29 is 9.53 Å². The Balaban J connectivity index is 1.90. The van der Waals surface area contributed by atoms with Gasteiger partial charge in [0, 0.05) is 13.1 Å². The third-order valence-corrected chi connectivity index (χ3v) is 4.07. The van der Waals surface area contributed by atoms with Crippen LogP contribution in [0.15, 0.2) is 0 Å². The van der Waals surface area contributed by atoms with E-state index in [-0.39, 0.29) is 6.09 Å². The lowest BCUT2D eigenvalue weighted by molar-refractivity contribution is 0.0137. The molecule has 104 valence electrons. The molecule has 1 N–H and O–H groups in total. The third kappa shape index (κ3) is 2.97. The van der Waals surface area contributed by atoms with Gasteiger partial charge in [-0.2, -0.15) is 0 Å². The van der Waals surface area contributed by atoms with Gasteiger partial charge >= 0.3 is 6.09 Å². The SMILES string of the molecule is CNCC1CC12CCCN(C(=O)OC(C)(C)C)C2. The maximum Gasteiger partial charge on any atom is 0.410 e. The molecule has 1 heterocycles. The highest BCUT2D eigenvalue weighted by Gasteiger charge is 2.55. The van der Waals surface area contributed by atoms with Crippen LogP contribution < -0.4 is 5.32 Å². The summed E-state index contributed by atoms with van der Waals surface area (Å²) in [7, 11) is 2.00. The number of hydrogen-bond donors (Lipinski definition) is 1. The summed E-state index contributed by atoms with van der Waals surface area (Å²) >= 11 is 0. The Morgan fingerprint density at radius 2 is 2.22 bits per heavy atom. The Bertz CT molecular complexity index is 324. The molecule has 1 amide bonds. The zero-order chi connectivity index (χ0) is 13.4. The molecule has 0 aromatic heterocycles. The number of rotatable bonds is 2. The second-order valence-corrected chi connectivity index (χ2v) is 6.83. The van der Waals surface area contributed by atoms with E-state index in [1.165, 1.54) is 12.8 Å². The Hall–Kier alpha value is -0.770. The number of likely N-dealkylation sites (tertiary alicyclic amines) is 1. The van der Waals surface area contributed by atoms with E-state index < -0.39 is 5.60 Å². The van der Waals surface area contributed by atoms with E-state index in [0.717, 1.165) is 32.0 Å². The average molecular weight is 254 g/mol. The van der Waals surface area contributed by atoms with Crippen LogP contribution in [0.2, 0.25) is 0 Å². The molecular weight excluding hydrogens is 228 g/mol. The number of ether oxygens (including phenoxy) is 1. The molecule has 18 heavy (non-hydrogen) atoms. The van der Waals surface area contributed by atoms with Crippen molar-refractivity contribution >= 4 is 6.09 Å². The fourth-order valence-corrected chi connectivity index (χ4v) is 3.11. The minimum atomic E-state index is -0.393. The number of hydrogen-bond acceptors (Lipinski definition) is 3. The fourth-order valence-electron chi connectivity index (χ4n) is 3.11. The molecule has 4 heteroatoms. The van der Waals surface area contributed by atoms with Gasteiger partial charge in [-0.25, -0.2) is 4.79 Å². The Labute approximate surface area is 110 Å². The summed E-state index contributed by atoms with van der Waals surface area (Å²) < 4.78 is 5.46. The highest BCUT2D eigenvalue weighted by atomic mass is 16.6. The number of carbonyl (C=O) groups is 1. The Morgan fingerprint density at radius 3 is 2.83 bits per heavy atom. The van der Waals surface area contributed by atoms with Gasteiger partial charge in [-0.15, -0.1) is 0 Å². The van der Waals surface area contributed by atoms with Crippen molar-refractivity contribution in [3.63, 3.8) is 0 Å². The Kier molecular flexibility index (Phi) is 3.58. The second-order valence-electron chi connectivity index (χ2n) is 6.83. The van der Waals surface area contributed by atoms with E-state index in [9.17, 15) is 4.79 Å². The standard InChI is InChI=1S/C14H26N2O2/c1-13(2,3)18-12(17)16-7-5-6-14(10-16)8-11(14)9-15-4/h11,15H,5-10H2,1-4H3. The van der Waals surface area contributed by atoms with Gasteiger partial charge in [-0.05, 0) is 65.0 Å². The molecule has 2 fully saturated rings. The molecule has 2 unspecified atom stereocenters. The quantitative estimate of drug-likeness (QED) is 0.821. The molecule has 2 rings (SSSR count). The van der Waals surface area contributed by atoms with Crippen LogP contribution in [-0.4, -0.2) is 43.3 Å². The first kappa shape index (κ1) is 13.7. The first-order chi connectivity index (χ1) is 8.36. The van der Waals surface area contributed by atoms with Crippen molar-refractivity contribution in [2.75, 3.05) is 26.7 Å². The molecule has 1 aliphatic carbocycles. The monoisotopic (exact) mass is 254 g/mol. The van der Waals surface area contributed by atoms with Crippen molar-refractivity contribution in [2.45, 2.75) is 45.6 Å². The maximum atomic E-state index is 12.1. The molecule has 4 nitrogen and oxygen atoms in total. The molecule has 1 saturated heterocycles. The predicted octanol–water partition coefficient (Wildman–Crippen LogP) is 2.24. The van der Waals surface area contributed by atoms with Crippen molar-refractivity contribution in [3.05, 3.63) is 0 Å². The summed E-state index contributed by atoms with van der Waals surface area (Å²) in [5.74, 6) is 0.743. The van der Waals surface area contributed by atoms with E-state index in [0.29, 0.717) is 5.41 Å². The molecule has 1 aliphatic heterocycles. The number of nitrogens with zero attached hydrogens (tertiary/aromatic N) is 1. The number of piperidine rings is 1. The number of nitrogens with one attached hydrogen (secondary N) is 1. The van der Waals surface area contributed by atoms with Crippen LogP contribution in [0, 0.1) is 11.3 Å². The summed E-state index contributed by atoms with van der Waals surface area (Å²) in [5, 5.41) is 3.25. The molecule has 1 saturated carbocycles. The van der Waals surface area contributed by atoms with E-state index in [1.54, 1.807) is 0 Å². The van der Waals surface area contributed by atoms with E-state index in [1.807, 2.05) is 32.7 Å². The van der Waals surface area contributed by atoms with Crippen LogP contribution >= 0.6 is 0 Å². The van der Waals surface area contributed by atoms with E-state index in [2.05, 4.69) is 5.32 Å². The van der Waals surface area contributed by atoms with Crippen LogP contribution in [0.5, 0.6) is 0 Å². The molecule has 0 aromatic carbocycles. The Morgan fingerprint density at radius 1 is 1.50 bits per heavy atom. The molecule has 0 radical (unpaired) electrons. The lowest BCUT2D eigenvalue weighted by atomic mass is 9.92. The van der Waals surface area contributed by atoms with Crippen molar-refractivity contribution in [2.24, 2.45) is 11.3 Å². The number of amides is 1. The first-order valence-electron chi connectivity index (χ1n) is 6.99. The van der Waals surface area contributed by atoms with Gasteiger partial charge in [-0.1, -0.05) is 0 Å². The van der Waals surface area contributed by atoms with E-state index in [4.69, 9.17) is 4.74 Å². The van der Waals surface area contributed by atoms with Crippen LogP contribution in [0.1, 0.15) is 40.0 Å². The first-order valence-corrected chi connectivity index (χ1v) is 6.99. The summed E-state index contributed by atoms with van der Waals surface area (Å²) in [5.41, 5.74) is -0.00617. The van der Waals surface area contributed by atoms with Gasteiger partial charge in [0.15, 0.2) is 0 Å². The van der Waals surface area contributed by atoms with Gasteiger partial charge in [0.1, 0.15) is 5.60 Å². The van der Waals surface area contributed by atoms with Gasteiger partial charge in [0.25, 0.3) is 0 Å². The highest BCUT2D eigenvalue weighted by molar-refractivity contribution is 5.68.